The second-order valence-corrected chi connectivity index (χ2v) is 4.94. The topological polar surface area (TPSA) is 47.3 Å². The molecule has 1 aromatic carbocycles. The molecule has 0 saturated heterocycles. The Kier molecular flexibility index (Phi) is 4.19. The van der Waals surface area contributed by atoms with E-state index < -0.39 is 0 Å². The Bertz CT molecular complexity index is 399. The second-order valence-electron chi connectivity index (χ2n) is 4.94. The first-order valence-electron chi connectivity index (χ1n) is 6.47. The van der Waals surface area contributed by atoms with Crippen LogP contribution in [0.25, 0.3) is 0 Å². The van der Waals surface area contributed by atoms with Crippen LogP contribution in [-0.2, 0) is 4.74 Å². The van der Waals surface area contributed by atoms with E-state index >= 15 is 0 Å². The fraction of sp³-hybridized carbons (Fsp3) is 0.571. The Morgan fingerprint density at radius 3 is 2.89 bits per heavy atom. The van der Waals surface area contributed by atoms with Gasteiger partial charge in [-0.3, -0.25) is 0 Å². The highest BCUT2D eigenvalue weighted by Gasteiger charge is 2.40. The molecule has 0 amide bonds. The molecule has 0 aliphatic heterocycles. The minimum Gasteiger partial charge on any atom is -0.379 e. The first-order chi connectivity index (χ1) is 8.72. The van der Waals surface area contributed by atoms with Gasteiger partial charge in [0.2, 0.25) is 0 Å². The van der Waals surface area contributed by atoms with Crippen molar-refractivity contribution in [2.75, 3.05) is 19.0 Å². The van der Waals surface area contributed by atoms with Gasteiger partial charge in [-0.15, -0.1) is 0 Å². The summed E-state index contributed by atoms with van der Waals surface area (Å²) in [6.07, 6.45) is 4.15. The minimum absolute atomic E-state index is 0.0378. The summed E-state index contributed by atoms with van der Waals surface area (Å²) in [6, 6.07) is 6.70. The lowest BCUT2D eigenvalue weighted by Gasteiger charge is -2.44. The van der Waals surface area contributed by atoms with Gasteiger partial charge < -0.3 is 15.8 Å². The number of rotatable bonds is 4. The molecular formula is C14H21FN2O. The van der Waals surface area contributed by atoms with E-state index in [1.165, 1.54) is 6.07 Å². The lowest BCUT2D eigenvalue weighted by Crippen LogP contribution is -2.57. The maximum absolute atomic E-state index is 13.7. The van der Waals surface area contributed by atoms with Crippen LogP contribution in [0.15, 0.2) is 24.3 Å². The van der Waals surface area contributed by atoms with Crippen LogP contribution in [0.4, 0.5) is 10.1 Å². The van der Waals surface area contributed by atoms with Crippen LogP contribution in [0.1, 0.15) is 25.7 Å². The average molecular weight is 252 g/mol. The number of anilines is 1. The molecule has 1 fully saturated rings. The SMILES string of the molecule is COC1CCCCC1(CN)Nc1ccccc1F. The summed E-state index contributed by atoms with van der Waals surface area (Å²) >= 11 is 0. The Morgan fingerprint density at radius 1 is 1.44 bits per heavy atom. The number of hydrogen-bond acceptors (Lipinski definition) is 3. The van der Waals surface area contributed by atoms with Gasteiger partial charge in [-0.05, 0) is 25.0 Å². The second kappa shape index (κ2) is 5.67. The Labute approximate surface area is 108 Å². The van der Waals surface area contributed by atoms with Crippen LogP contribution in [0, 0.1) is 5.82 Å². The number of methoxy groups -OCH3 is 1. The molecule has 3 N–H and O–H groups in total. The van der Waals surface area contributed by atoms with E-state index in [9.17, 15) is 4.39 Å². The molecule has 0 radical (unpaired) electrons. The summed E-state index contributed by atoms with van der Waals surface area (Å²) < 4.78 is 19.3. The molecule has 1 aliphatic carbocycles. The van der Waals surface area contributed by atoms with E-state index in [1.54, 1.807) is 19.2 Å². The van der Waals surface area contributed by atoms with Gasteiger partial charge >= 0.3 is 0 Å². The molecule has 0 heterocycles. The van der Waals surface area contributed by atoms with Gasteiger partial charge in [0, 0.05) is 13.7 Å². The summed E-state index contributed by atoms with van der Waals surface area (Å²) in [4.78, 5) is 0. The van der Waals surface area contributed by atoms with Gasteiger partial charge in [0.15, 0.2) is 0 Å². The van der Waals surface area contributed by atoms with E-state index in [0.29, 0.717) is 12.2 Å². The third kappa shape index (κ3) is 2.49. The highest BCUT2D eigenvalue weighted by molar-refractivity contribution is 5.47. The normalized spacial score (nSPS) is 28.1. The zero-order chi connectivity index (χ0) is 13.0. The molecule has 1 aromatic rings. The van der Waals surface area contributed by atoms with E-state index in [-0.39, 0.29) is 17.5 Å². The highest BCUT2D eigenvalue weighted by Crippen LogP contribution is 2.33. The number of nitrogens with one attached hydrogen (secondary N) is 1. The number of halogens is 1. The lowest BCUT2D eigenvalue weighted by atomic mass is 9.78. The van der Waals surface area contributed by atoms with Crippen LogP contribution in [-0.4, -0.2) is 25.3 Å². The Hall–Kier alpha value is -1.13. The van der Waals surface area contributed by atoms with E-state index in [1.807, 2.05) is 6.07 Å². The molecule has 0 bridgehead atoms. The predicted octanol–water partition coefficient (Wildman–Crippen LogP) is 2.52. The molecule has 0 spiro atoms. The van der Waals surface area contributed by atoms with Gasteiger partial charge in [0.1, 0.15) is 5.82 Å². The van der Waals surface area contributed by atoms with Gasteiger partial charge in [0.25, 0.3) is 0 Å². The number of ether oxygens (including phenoxy) is 1. The van der Waals surface area contributed by atoms with E-state index in [2.05, 4.69) is 5.32 Å². The van der Waals surface area contributed by atoms with Crippen molar-refractivity contribution in [3.63, 3.8) is 0 Å². The van der Waals surface area contributed by atoms with E-state index in [4.69, 9.17) is 10.5 Å². The molecule has 2 atom stereocenters. The molecule has 1 saturated carbocycles. The fourth-order valence-corrected chi connectivity index (χ4v) is 2.81. The first-order valence-corrected chi connectivity index (χ1v) is 6.47. The maximum atomic E-state index is 13.7. The Balaban J connectivity index is 2.24. The summed E-state index contributed by atoms with van der Waals surface area (Å²) in [7, 11) is 1.70. The largest absolute Gasteiger partial charge is 0.379 e. The van der Waals surface area contributed by atoms with Crippen molar-refractivity contribution in [1.82, 2.24) is 0 Å². The van der Waals surface area contributed by atoms with Gasteiger partial charge in [-0.2, -0.15) is 0 Å². The van der Waals surface area contributed by atoms with Gasteiger partial charge in [-0.25, -0.2) is 4.39 Å². The molecule has 1 aliphatic rings. The molecule has 2 rings (SSSR count). The maximum Gasteiger partial charge on any atom is 0.146 e. The summed E-state index contributed by atoms with van der Waals surface area (Å²) in [5.74, 6) is -0.245. The molecule has 4 heteroatoms. The average Bonchev–Trinajstić information content (AvgIpc) is 2.42. The van der Waals surface area contributed by atoms with E-state index in [0.717, 1.165) is 25.7 Å². The van der Waals surface area contributed by atoms with Crippen molar-refractivity contribution < 1.29 is 9.13 Å². The monoisotopic (exact) mass is 252 g/mol. The van der Waals surface area contributed by atoms with Crippen molar-refractivity contribution in [1.29, 1.82) is 0 Å². The van der Waals surface area contributed by atoms with Crippen molar-refractivity contribution in [2.45, 2.75) is 37.3 Å². The minimum atomic E-state index is -0.352. The van der Waals surface area contributed by atoms with Crippen molar-refractivity contribution in [3.05, 3.63) is 30.1 Å². The first kappa shape index (κ1) is 13.3. The molecule has 18 heavy (non-hydrogen) atoms. The number of benzene rings is 1. The zero-order valence-corrected chi connectivity index (χ0v) is 10.8. The number of nitrogens with two attached hydrogens (primary N) is 1. The van der Waals surface area contributed by atoms with Gasteiger partial charge in [-0.1, -0.05) is 25.0 Å². The third-order valence-electron chi connectivity index (χ3n) is 3.86. The molecule has 100 valence electrons. The van der Waals surface area contributed by atoms with Crippen molar-refractivity contribution >= 4 is 5.69 Å². The van der Waals surface area contributed by atoms with Crippen LogP contribution in [0.5, 0.6) is 0 Å². The molecule has 3 nitrogen and oxygen atoms in total. The number of para-hydroxylation sites is 1. The van der Waals surface area contributed by atoms with Crippen molar-refractivity contribution in [3.8, 4) is 0 Å². The molecular weight excluding hydrogens is 231 g/mol. The summed E-state index contributed by atoms with van der Waals surface area (Å²) in [5.41, 5.74) is 6.09. The standard InChI is InChI=1S/C14H21FN2O/c1-18-13-8-4-5-9-14(13,10-16)17-12-7-3-2-6-11(12)15/h2-3,6-7,13,17H,4-5,8-10,16H2,1H3. The van der Waals surface area contributed by atoms with Crippen LogP contribution < -0.4 is 11.1 Å². The molecule has 0 aromatic heterocycles. The number of hydrogen-bond donors (Lipinski definition) is 2. The smallest absolute Gasteiger partial charge is 0.146 e. The lowest BCUT2D eigenvalue weighted by molar-refractivity contribution is 0.0189. The summed E-state index contributed by atoms with van der Waals surface area (Å²) in [6.45, 7) is 0.444. The Morgan fingerprint density at radius 2 is 2.22 bits per heavy atom. The molecule has 2 unspecified atom stereocenters. The van der Waals surface area contributed by atoms with Crippen molar-refractivity contribution in [2.24, 2.45) is 5.73 Å². The predicted molar refractivity (Wildman–Crippen MR) is 71.1 cm³/mol. The van der Waals surface area contributed by atoms with Gasteiger partial charge in [0.05, 0.1) is 17.3 Å². The van der Waals surface area contributed by atoms with Crippen LogP contribution in [0.3, 0.4) is 0 Å². The summed E-state index contributed by atoms with van der Waals surface area (Å²) in [5, 5.41) is 3.29. The van der Waals surface area contributed by atoms with Crippen LogP contribution in [0.2, 0.25) is 0 Å². The third-order valence-corrected chi connectivity index (χ3v) is 3.86. The zero-order valence-electron chi connectivity index (χ0n) is 10.8. The highest BCUT2D eigenvalue weighted by atomic mass is 19.1. The van der Waals surface area contributed by atoms with Crippen LogP contribution >= 0.6 is 0 Å². The quantitative estimate of drug-likeness (QED) is 0.865. The fourth-order valence-electron chi connectivity index (χ4n) is 2.81.